The fourth-order valence-corrected chi connectivity index (χ4v) is 5.13. The first-order valence-electron chi connectivity index (χ1n) is 9.39. The summed E-state index contributed by atoms with van der Waals surface area (Å²) in [6, 6.07) is 11.4. The molecule has 2 atom stereocenters. The molecule has 0 radical (unpaired) electrons. The zero-order valence-corrected chi connectivity index (χ0v) is 16.9. The van der Waals surface area contributed by atoms with Crippen LogP contribution in [0.4, 0.5) is 10.1 Å². The fourth-order valence-electron chi connectivity index (χ4n) is 3.68. The molecule has 1 N–H and O–H groups in total. The van der Waals surface area contributed by atoms with Crippen LogP contribution in [0.5, 0.6) is 0 Å². The summed E-state index contributed by atoms with van der Waals surface area (Å²) in [6.45, 7) is 7.81. The molecule has 0 unspecified atom stereocenters. The summed E-state index contributed by atoms with van der Waals surface area (Å²) in [6.07, 6.45) is 2.48. The van der Waals surface area contributed by atoms with Crippen molar-refractivity contribution >= 4 is 15.7 Å². The lowest BCUT2D eigenvalue weighted by Crippen LogP contribution is -2.34. The number of benzene rings is 2. The van der Waals surface area contributed by atoms with Crippen molar-refractivity contribution in [3.63, 3.8) is 0 Å². The lowest BCUT2D eigenvalue weighted by molar-refractivity contribution is 0.447. The highest BCUT2D eigenvalue weighted by Gasteiger charge is 2.21. The second-order valence-corrected chi connectivity index (χ2v) is 9.22. The van der Waals surface area contributed by atoms with Crippen molar-refractivity contribution in [2.24, 2.45) is 5.92 Å². The molecule has 1 heterocycles. The second kappa shape index (κ2) is 7.98. The molecule has 1 saturated heterocycles. The van der Waals surface area contributed by atoms with Gasteiger partial charge in [0.05, 0.1) is 4.90 Å². The Kier molecular flexibility index (Phi) is 5.86. The number of piperidine rings is 1. The average molecular weight is 391 g/mol. The summed E-state index contributed by atoms with van der Waals surface area (Å²) in [4.78, 5) is 2.49. The molecule has 1 fully saturated rings. The highest BCUT2D eigenvalue weighted by molar-refractivity contribution is 7.89. The van der Waals surface area contributed by atoms with Crippen molar-refractivity contribution in [2.75, 3.05) is 18.0 Å². The van der Waals surface area contributed by atoms with Crippen LogP contribution in [-0.2, 0) is 10.0 Å². The van der Waals surface area contributed by atoms with E-state index in [0.29, 0.717) is 11.5 Å². The predicted molar refractivity (Wildman–Crippen MR) is 107 cm³/mol. The fraction of sp³-hybridized carbons (Fsp3) is 0.429. The molecule has 27 heavy (non-hydrogen) atoms. The molecule has 1 aliphatic heterocycles. The SMILES string of the molecule is Cc1cc(F)ccc1S(=O)(=O)N[C@@H](C)c1ccc(N2CCC[C@@H](C)C2)cc1. The van der Waals surface area contributed by atoms with Crippen molar-refractivity contribution in [3.8, 4) is 0 Å². The van der Waals surface area contributed by atoms with Gasteiger partial charge in [-0.05, 0) is 74.1 Å². The third-order valence-electron chi connectivity index (χ3n) is 5.17. The van der Waals surface area contributed by atoms with Crippen molar-refractivity contribution in [1.82, 2.24) is 4.72 Å². The van der Waals surface area contributed by atoms with Gasteiger partial charge in [-0.15, -0.1) is 0 Å². The predicted octanol–water partition coefficient (Wildman–Crippen LogP) is 4.41. The first kappa shape index (κ1) is 19.8. The van der Waals surface area contributed by atoms with E-state index >= 15 is 0 Å². The van der Waals surface area contributed by atoms with Crippen LogP contribution in [-0.4, -0.2) is 21.5 Å². The number of nitrogens with zero attached hydrogens (tertiary/aromatic N) is 1. The Bertz CT molecular complexity index is 897. The lowest BCUT2D eigenvalue weighted by atomic mass is 9.99. The molecule has 2 aromatic carbocycles. The maximum absolute atomic E-state index is 13.3. The van der Waals surface area contributed by atoms with Crippen LogP contribution in [0.1, 0.15) is 43.9 Å². The van der Waals surface area contributed by atoms with E-state index in [9.17, 15) is 12.8 Å². The highest BCUT2D eigenvalue weighted by atomic mass is 32.2. The van der Waals surface area contributed by atoms with Gasteiger partial charge in [-0.3, -0.25) is 0 Å². The van der Waals surface area contributed by atoms with Gasteiger partial charge in [0.15, 0.2) is 0 Å². The van der Waals surface area contributed by atoms with E-state index in [1.54, 1.807) is 6.92 Å². The first-order chi connectivity index (χ1) is 12.8. The molecule has 0 aromatic heterocycles. The van der Waals surface area contributed by atoms with E-state index in [1.807, 2.05) is 19.1 Å². The Balaban J connectivity index is 1.73. The molecule has 0 aliphatic carbocycles. The Labute approximate surface area is 161 Å². The van der Waals surface area contributed by atoms with Gasteiger partial charge in [-0.25, -0.2) is 17.5 Å². The summed E-state index contributed by atoms with van der Waals surface area (Å²) in [5.41, 5.74) is 2.46. The first-order valence-corrected chi connectivity index (χ1v) is 10.9. The van der Waals surface area contributed by atoms with E-state index in [2.05, 4.69) is 28.7 Å². The third-order valence-corrected chi connectivity index (χ3v) is 6.87. The molecule has 6 heteroatoms. The Hall–Kier alpha value is -1.92. The van der Waals surface area contributed by atoms with Gasteiger partial charge in [-0.1, -0.05) is 19.1 Å². The Morgan fingerprint density at radius 2 is 1.89 bits per heavy atom. The molecule has 0 spiro atoms. The number of rotatable bonds is 5. The van der Waals surface area contributed by atoms with Gasteiger partial charge >= 0.3 is 0 Å². The van der Waals surface area contributed by atoms with Crippen LogP contribution in [0, 0.1) is 18.7 Å². The van der Waals surface area contributed by atoms with E-state index in [-0.39, 0.29) is 10.9 Å². The smallest absolute Gasteiger partial charge is 0.241 e. The molecule has 1 aliphatic rings. The summed E-state index contributed by atoms with van der Waals surface area (Å²) in [7, 11) is -3.72. The maximum Gasteiger partial charge on any atom is 0.241 e. The number of nitrogens with one attached hydrogen (secondary N) is 1. The van der Waals surface area contributed by atoms with E-state index in [4.69, 9.17) is 0 Å². The van der Waals surface area contributed by atoms with Gasteiger partial charge in [-0.2, -0.15) is 0 Å². The van der Waals surface area contributed by atoms with Gasteiger partial charge in [0.1, 0.15) is 5.82 Å². The van der Waals surface area contributed by atoms with Crippen molar-refractivity contribution in [3.05, 3.63) is 59.4 Å². The minimum Gasteiger partial charge on any atom is -0.371 e. The van der Waals surface area contributed by atoms with Crippen LogP contribution in [0.2, 0.25) is 0 Å². The molecular formula is C21H27FN2O2S. The van der Waals surface area contributed by atoms with Crippen LogP contribution in [0.15, 0.2) is 47.4 Å². The molecule has 146 valence electrons. The third kappa shape index (κ3) is 4.68. The number of halogens is 1. The lowest BCUT2D eigenvalue weighted by Gasteiger charge is -2.33. The van der Waals surface area contributed by atoms with Gasteiger partial charge in [0.2, 0.25) is 10.0 Å². The maximum atomic E-state index is 13.3. The van der Waals surface area contributed by atoms with Crippen molar-refractivity contribution < 1.29 is 12.8 Å². The number of hydrogen-bond donors (Lipinski definition) is 1. The molecular weight excluding hydrogens is 363 g/mol. The van der Waals surface area contributed by atoms with Crippen LogP contribution in [0.3, 0.4) is 0 Å². The number of sulfonamides is 1. The molecule has 4 nitrogen and oxygen atoms in total. The summed E-state index contributed by atoms with van der Waals surface area (Å²) >= 11 is 0. The van der Waals surface area contributed by atoms with E-state index < -0.39 is 15.8 Å². The van der Waals surface area contributed by atoms with E-state index in [1.165, 1.54) is 36.7 Å². The Morgan fingerprint density at radius 3 is 2.52 bits per heavy atom. The minimum atomic E-state index is -3.72. The van der Waals surface area contributed by atoms with Gasteiger partial charge in [0.25, 0.3) is 0 Å². The number of hydrogen-bond acceptors (Lipinski definition) is 3. The Morgan fingerprint density at radius 1 is 1.19 bits per heavy atom. The van der Waals surface area contributed by atoms with Crippen LogP contribution < -0.4 is 9.62 Å². The van der Waals surface area contributed by atoms with Gasteiger partial charge < -0.3 is 4.90 Å². The number of aryl methyl sites for hydroxylation is 1. The molecule has 2 aromatic rings. The number of anilines is 1. The highest BCUT2D eigenvalue weighted by Crippen LogP contribution is 2.25. The minimum absolute atomic E-state index is 0.106. The summed E-state index contributed by atoms with van der Waals surface area (Å²) < 4.78 is 41.3. The monoisotopic (exact) mass is 390 g/mol. The second-order valence-electron chi connectivity index (χ2n) is 7.54. The van der Waals surface area contributed by atoms with E-state index in [0.717, 1.165) is 18.7 Å². The largest absolute Gasteiger partial charge is 0.371 e. The standard InChI is InChI=1S/C21H27FN2O2S/c1-15-5-4-12-24(14-15)20-9-6-18(7-10-20)17(3)23-27(25,26)21-11-8-19(22)13-16(21)2/h6-11,13,15,17,23H,4-5,12,14H2,1-3H3/t15-,17+/m1/s1. The summed E-state index contributed by atoms with van der Waals surface area (Å²) in [5.74, 6) is 0.255. The normalized spacial score (nSPS) is 19.1. The van der Waals surface area contributed by atoms with Crippen LogP contribution in [0.25, 0.3) is 0 Å². The quantitative estimate of drug-likeness (QED) is 0.823. The molecule has 3 rings (SSSR count). The summed E-state index contributed by atoms with van der Waals surface area (Å²) in [5, 5.41) is 0. The molecule has 0 saturated carbocycles. The zero-order chi connectivity index (χ0) is 19.6. The van der Waals surface area contributed by atoms with Crippen molar-refractivity contribution in [1.29, 1.82) is 0 Å². The molecule has 0 bridgehead atoms. The van der Waals surface area contributed by atoms with Crippen LogP contribution >= 0.6 is 0 Å². The molecule has 0 amide bonds. The topological polar surface area (TPSA) is 49.4 Å². The average Bonchev–Trinajstić information content (AvgIpc) is 2.61. The van der Waals surface area contributed by atoms with Gasteiger partial charge in [0, 0.05) is 24.8 Å². The van der Waals surface area contributed by atoms with Crippen molar-refractivity contribution in [2.45, 2.75) is 44.6 Å². The zero-order valence-electron chi connectivity index (χ0n) is 16.1.